The molecule has 0 aromatic carbocycles. The molecular formula is C13H19N3O. The highest BCUT2D eigenvalue weighted by atomic mass is 16.2. The van der Waals surface area contributed by atoms with Gasteiger partial charge in [0, 0.05) is 44.1 Å². The Kier molecular flexibility index (Phi) is 3.96. The van der Waals surface area contributed by atoms with Gasteiger partial charge in [-0.15, -0.1) is 0 Å². The largest absolute Gasteiger partial charge is 0.385 e. The maximum atomic E-state index is 11.4. The van der Waals surface area contributed by atoms with Crippen molar-refractivity contribution in [3.05, 3.63) is 24.0 Å². The Balaban J connectivity index is 1.70. The minimum Gasteiger partial charge on any atom is -0.385 e. The first kappa shape index (κ1) is 11.9. The average molecular weight is 233 g/mol. The fourth-order valence-electron chi connectivity index (χ4n) is 2.11. The van der Waals surface area contributed by atoms with Gasteiger partial charge in [-0.05, 0) is 31.4 Å². The van der Waals surface area contributed by atoms with E-state index < -0.39 is 0 Å². The van der Waals surface area contributed by atoms with Crippen LogP contribution in [0.5, 0.6) is 0 Å². The van der Waals surface area contributed by atoms with Crippen LogP contribution in [0.25, 0.3) is 0 Å². The lowest BCUT2D eigenvalue weighted by Gasteiger charge is -2.16. The van der Waals surface area contributed by atoms with Crippen LogP contribution in [0.3, 0.4) is 0 Å². The highest BCUT2D eigenvalue weighted by molar-refractivity contribution is 5.78. The number of rotatable bonds is 5. The van der Waals surface area contributed by atoms with Crippen LogP contribution in [0.1, 0.15) is 24.8 Å². The number of carbonyl (C=O) groups is 1. The number of aromatic nitrogens is 1. The van der Waals surface area contributed by atoms with E-state index in [4.69, 9.17) is 0 Å². The molecule has 1 aliphatic heterocycles. The minimum absolute atomic E-state index is 0.310. The third-order valence-electron chi connectivity index (χ3n) is 3.11. The number of amides is 1. The van der Waals surface area contributed by atoms with Crippen molar-refractivity contribution in [3.63, 3.8) is 0 Å². The van der Waals surface area contributed by atoms with Crippen LogP contribution in [0.2, 0.25) is 0 Å². The molecule has 1 amide bonds. The molecule has 1 fully saturated rings. The summed E-state index contributed by atoms with van der Waals surface area (Å²) in [5.41, 5.74) is 2.29. The molecule has 0 saturated carbocycles. The molecule has 0 aliphatic carbocycles. The van der Waals surface area contributed by atoms with Crippen molar-refractivity contribution in [2.45, 2.75) is 26.2 Å². The maximum absolute atomic E-state index is 11.4. The minimum atomic E-state index is 0.310. The molecule has 0 bridgehead atoms. The number of hydrogen-bond acceptors (Lipinski definition) is 3. The Bertz CT molecular complexity index is 392. The molecule has 1 N–H and O–H groups in total. The lowest BCUT2D eigenvalue weighted by molar-refractivity contribution is -0.127. The molecule has 2 rings (SSSR count). The van der Waals surface area contributed by atoms with E-state index in [1.54, 1.807) is 6.20 Å². The Morgan fingerprint density at radius 2 is 2.41 bits per heavy atom. The van der Waals surface area contributed by atoms with E-state index >= 15 is 0 Å². The molecule has 2 heterocycles. The Morgan fingerprint density at radius 3 is 3.12 bits per heavy atom. The zero-order chi connectivity index (χ0) is 12.1. The number of nitrogens with zero attached hydrogens (tertiary/aromatic N) is 2. The average Bonchev–Trinajstić information content (AvgIpc) is 2.73. The predicted octanol–water partition coefficient (Wildman–Crippen LogP) is 1.81. The van der Waals surface area contributed by atoms with Crippen molar-refractivity contribution in [3.8, 4) is 0 Å². The summed E-state index contributed by atoms with van der Waals surface area (Å²) >= 11 is 0. The maximum Gasteiger partial charge on any atom is 0.222 e. The third kappa shape index (κ3) is 3.19. The highest BCUT2D eigenvalue weighted by Gasteiger charge is 2.18. The Hall–Kier alpha value is -1.58. The molecular weight excluding hydrogens is 214 g/mol. The Labute approximate surface area is 102 Å². The molecule has 0 atom stereocenters. The molecule has 4 nitrogen and oxygen atoms in total. The van der Waals surface area contributed by atoms with E-state index in [9.17, 15) is 4.79 Å². The summed E-state index contributed by atoms with van der Waals surface area (Å²) in [6.07, 6.45) is 6.39. The number of nitrogens with one attached hydrogen (secondary N) is 1. The van der Waals surface area contributed by atoms with Gasteiger partial charge in [0.05, 0.1) is 0 Å². The van der Waals surface area contributed by atoms with Crippen molar-refractivity contribution < 1.29 is 4.79 Å². The normalized spacial score (nSPS) is 15.4. The summed E-state index contributed by atoms with van der Waals surface area (Å²) < 4.78 is 0. The van der Waals surface area contributed by atoms with Crippen molar-refractivity contribution in [2.75, 3.05) is 25.0 Å². The molecule has 0 spiro atoms. The smallest absolute Gasteiger partial charge is 0.222 e. The van der Waals surface area contributed by atoms with Gasteiger partial charge in [-0.2, -0.15) is 0 Å². The van der Waals surface area contributed by atoms with E-state index in [0.717, 1.165) is 50.1 Å². The number of likely N-dealkylation sites (tertiary alicyclic amines) is 1. The molecule has 4 heteroatoms. The summed E-state index contributed by atoms with van der Waals surface area (Å²) in [7, 11) is 0. The molecule has 1 saturated heterocycles. The van der Waals surface area contributed by atoms with E-state index in [0.29, 0.717) is 5.91 Å². The van der Waals surface area contributed by atoms with E-state index in [-0.39, 0.29) is 0 Å². The van der Waals surface area contributed by atoms with Crippen molar-refractivity contribution in [2.24, 2.45) is 0 Å². The standard InChI is InChI=1S/C13H19N3O/c1-11-10-14-7-5-12(11)15-6-3-9-16-8-2-4-13(16)17/h5,7,10H,2-4,6,8-9H2,1H3,(H,14,15). The van der Waals surface area contributed by atoms with Gasteiger partial charge in [-0.3, -0.25) is 9.78 Å². The van der Waals surface area contributed by atoms with Crippen LogP contribution in [0.4, 0.5) is 5.69 Å². The monoisotopic (exact) mass is 233 g/mol. The summed E-state index contributed by atoms with van der Waals surface area (Å²) in [4.78, 5) is 17.4. The first-order valence-electron chi connectivity index (χ1n) is 6.19. The number of pyridine rings is 1. The van der Waals surface area contributed by atoms with E-state index in [1.807, 2.05) is 24.1 Å². The second kappa shape index (κ2) is 5.66. The third-order valence-corrected chi connectivity index (χ3v) is 3.11. The topological polar surface area (TPSA) is 45.2 Å². The predicted molar refractivity (Wildman–Crippen MR) is 67.9 cm³/mol. The molecule has 92 valence electrons. The second-order valence-corrected chi connectivity index (χ2v) is 4.46. The summed E-state index contributed by atoms with van der Waals surface area (Å²) in [6, 6.07) is 1.98. The zero-order valence-electron chi connectivity index (χ0n) is 10.3. The number of anilines is 1. The fourth-order valence-corrected chi connectivity index (χ4v) is 2.11. The zero-order valence-corrected chi connectivity index (χ0v) is 10.3. The van der Waals surface area contributed by atoms with Crippen molar-refractivity contribution in [1.29, 1.82) is 0 Å². The van der Waals surface area contributed by atoms with Gasteiger partial charge in [0.15, 0.2) is 0 Å². The summed E-state index contributed by atoms with van der Waals surface area (Å²) in [5.74, 6) is 0.310. The van der Waals surface area contributed by atoms with Gasteiger partial charge in [0.1, 0.15) is 0 Å². The van der Waals surface area contributed by atoms with Crippen LogP contribution in [-0.4, -0.2) is 35.4 Å². The van der Waals surface area contributed by atoms with Crippen LogP contribution >= 0.6 is 0 Å². The van der Waals surface area contributed by atoms with Crippen LogP contribution in [0, 0.1) is 6.92 Å². The molecule has 1 aliphatic rings. The van der Waals surface area contributed by atoms with Gasteiger partial charge in [0.25, 0.3) is 0 Å². The highest BCUT2D eigenvalue weighted by Crippen LogP contribution is 2.12. The van der Waals surface area contributed by atoms with E-state index in [2.05, 4.69) is 10.3 Å². The molecule has 1 aromatic heterocycles. The molecule has 0 unspecified atom stereocenters. The lowest BCUT2D eigenvalue weighted by atomic mass is 10.2. The van der Waals surface area contributed by atoms with E-state index in [1.165, 1.54) is 0 Å². The van der Waals surface area contributed by atoms with Gasteiger partial charge < -0.3 is 10.2 Å². The lowest BCUT2D eigenvalue weighted by Crippen LogP contribution is -2.27. The van der Waals surface area contributed by atoms with Gasteiger partial charge in [0.2, 0.25) is 5.91 Å². The van der Waals surface area contributed by atoms with Gasteiger partial charge in [-0.25, -0.2) is 0 Å². The molecule has 0 radical (unpaired) electrons. The number of carbonyl (C=O) groups excluding carboxylic acids is 1. The van der Waals surface area contributed by atoms with Crippen molar-refractivity contribution in [1.82, 2.24) is 9.88 Å². The number of aryl methyl sites for hydroxylation is 1. The SMILES string of the molecule is Cc1cnccc1NCCCN1CCCC1=O. The van der Waals surface area contributed by atoms with Crippen LogP contribution in [0.15, 0.2) is 18.5 Å². The summed E-state index contributed by atoms with van der Waals surface area (Å²) in [6.45, 7) is 4.75. The quantitative estimate of drug-likeness (QED) is 0.789. The fraction of sp³-hybridized carbons (Fsp3) is 0.538. The van der Waals surface area contributed by atoms with Crippen LogP contribution in [-0.2, 0) is 4.79 Å². The Morgan fingerprint density at radius 1 is 1.53 bits per heavy atom. The van der Waals surface area contributed by atoms with Gasteiger partial charge in [-0.1, -0.05) is 0 Å². The molecule has 17 heavy (non-hydrogen) atoms. The summed E-state index contributed by atoms with van der Waals surface area (Å²) in [5, 5.41) is 3.37. The van der Waals surface area contributed by atoms with Gasteiger partial charge >= 0.3 is 0 Å². The number of hydrogen-bond donors (Lipinski definition) is 1. The van der Waals surface area contributed by atoms with Crippen LogP contribution < -0.4 is 5.32 Å². The van der Waals surface area contributed by atoms with Crippen molar-refractivity contribution >= 4 is 11.6 Å². The first-order chi connectivity index (χ1) is 8.27. The second-order valence-electron chi connectivity index (χ2n) is 4.46. The first-order valence-corrected chi connectivity index (χ1v) is 6.19. The molecule has 1 aromatic rings.